The van der Waals surface area contributed by atoms with E-state index < -0.39 is 5.60 Å². The number of nitrogens with two attached hydrogens (primary N) is 1. The van der Waals surface area contributed by atoms with Crippen LogP contribution < -0.4 is 5.73 Å². The van der Waals surface area contributed by atoms with Gasteiger partial charge in [0.2, 0.25) is 0 Å². The fourth-order valence-corrected chi connectivity index (χ4v) is 1.75. The fraction of sp³-hybridized carbons (Fsp3) is 0.333. The monoisotopic (exact) mass is 258 g/mol. The van der Waals surface area contributed by atoms with Crippen molar-refractivity contribution in [2.75, 3.05) is 5.73 Å². The van der Waals surface area contributed by atoms with Crippen LogP contribution in [0.15, 0.2) is 24.3 Å². The molecule has 1 heterocycles. The zero-order valence-electron chi connectivity index (χ0n) is 11.7. The second-order valence-electron chi connectivity index (χ2n) is 5.57. The Balaban J connectivity index is 2.41. The third-order valence-electron chi connectivity index (χ3n) is 2.68. The molecule has 0 aliphatic carbocycles. The maximum Gasteiger partial charge on any atom is 0.338 e. The van der Waals surface area contributed by atoms with E-state index in [1.165, 1.54) is 0 Å². The zero-order valence-corrected chi connectivity index (χ0v) is 11.7. The number of nitrogens with zero attached hydrogens (tertiary/aromatic N) is 1. The molecule has 0 bridgehead atoms. The van der Waals surface area contributed by atoms with Crippen LogP contribution in [0.4, 0.5) is 5.69 Å². The number of rotatable bonds is 1. The number of hydrogen-bond acceptors (Lipinski definition) is 4. The molecule has 0 spiro atoms. The summed E-state index contributed by atoms with van der Waals surface area (Å²) in [4.78, 5) is 16.4. The first-order valence-corrected chi connectivity index (χ1v) is 6.16. The van der Waals surface area contributed by atoms with Crippen LogP contribution in [0.2, 0.25) is 0 Å². The number of aromatic nitrogens is 1. The van der Waals surface area contributed by atoms with E-state index in [0.29, 0.717) is 11.3 Å². The molecule has 0 aliphatic heterocycles. The van der Waals surface area contributed by atoms with Gasteiger partial charge in [-0.15, -0.1) is 0 Å². The average Bonchev–Trinajstić information content (AvgIpc) is 2.27. The molecule has 0 fully saturated rings. The zero-order chi connectivity index (χ0) is 14.2. The standard InChI is InChI=1S/C15H18N2O2/c1-9-12(16)8-11-7-10(5-6-13(11)17-9)14(18)19-15(2,3)4/h5-8H,16H2,1-4H3. The highest BCUT2D eigenvalue weighted by Gasteiger charge is 2.18. The molecule has 100 valence electrons. The smallest absolute Gasteiger partial charge is 0.338 e. The van der Waals surface area contributed by atoms with E-state index in [1.54, 1.807) is 18.2 Å². The number of nitrogen functional groups attached to an aromatic ring is 1. The van der Waals surface area contributed by atoms with Crippen molar-refractivity contribution in [2.45, 2.75) is 33.3 Å². The number of aryl methyl sites for hydroxylation is 1. The van der Waals surface area contributed by atoms with E-state index in [4.69, 9.17) is 10.5 Å². The molecule has 0 aliphatic rings. The van der Waals surface area contributed by atoms with Crippen molar-refractivity contribution in [3.63, 3.8) is 0 Å². The lowest BCUT2D eigenvalue weighted by Gasteiger charge is -2.19. The van der Waals surface area contributed by atoms with Crippen molar-refractivity contribution >= 4 is 22.6 Å². The fourth-order valence-electron chi connectivity index (χ4n) is 1.75. The van der Waals surface area contributed by atoms with Gasteiger partial charge < -0.3 is 10.5 Å². The molecule has 0 saturated heterocycles. The van der Waals surface area contributed by atoms with Gasteiger partial charge in [-0.25, -0.2) is 4.79 Å². The Hall–Kier alpha value is -2.10. The molecule has 2 N–H and O–H groups in total. The predicted molar refractivity (Wildman–Crippen MR) is 76.1 cm³/mol. The lowest BCUT2D eigenvalue weighted by Crippen LogP contribution is -2.23. The molecule has 4 nitrogen and oxygen atoms in total. The molecule has 1 aromatic heterocycles. The molecule has 0 atom stereocenters. The first-order valence-electron chi connectivity index (χ1n) is 6.16. The molecule has 0 saturated carbocycles. The third kappa shape index (κ3) is 3.02. The molecular formula is C15H18N2O2. The Bertz CT molecular complexity index is 642. The van der Waals surface area contributed by atoms with Gasteiger partial charge in [0.1, 0.15) is 5.60 Å². The van der Waals surface area contributed by atoms with Gasteiger partial charge in [0, 0.05) is 5.39 Å². The second kappa shape index (κ2) is 4.53. The second-order valence-corrected chi connectivity index (χ2v) is 5.57. The minimum absolute atomic E-state index is 0.339. The normalized spacial score (nSPS) is 11.6. The summed E-state index contributed by atoms with van der Waals surface area (Å²) < 4.78 is 5.34. The molecule has 0 radical (unpaired) electrons. The summed E-state index contributed by atoms with van der Waals surface area (Å²) in [6.45, 7) is 7.38. The summed E-state index contributed by atoms with van der Waals surface area (Å²) in [5, 5.41) is 0.839. The molecule has 1 aromatic carbocycles. The highest BCUT2D eigenvalue weighted by molar-refractivity contribution is 5.95. The number of ether oxygens (including phenoxy) is 1. The first-order chi connectivity index (χ1) is 8.76. The number of fused-ring (bicyclic) bond motifs is 1. The highest BCUT2D eigenvalue weighted by atomic mass is 16.6. The topological polar surface area (TPSA) is 65.2 Å². The lowest BCUT2D eigenvalue weighted by atomic mass is 10.1. The van der Waals surface area contributed by atoms with Gasteiger partial charge >= 0.3 is 5.97 Å². The van der Waals surface area contributed by atoms with Crippen molar-refractivity contribution in [2.24, 2.45) is 0 Å². The van der Waals surface area contributed by atoms with Crippen molar-refractivity contribution in [3.8, 4) is 0 Å². The largest absolute Gasteiger partial charge is 0.456 e. The SMILES string of the molecule is Cc1nc2ccc(C(=O)OC(C)(C)C)cc2cc1N. The molecule has 4 heteroatoms. The molecule has 0 amide bonds. The van der Waals surface area contributed by atoms with Crippen LogP contribution in [0.3, 0.4) is 0 Å². The van der Waals surface area contributed by atoms with Crippen LogP contribution >= 0.6 is 0 Å². The lowest BCUT2D eigenvalue weighted by molar-refractivity contribution is 0.00697. The quantitative estimate of drug-likeness (QED) is 0.798. The summed E-state index contributed by atoms with van der Waals surface area (Å²) in [6, 6.07) is 7.11. The van der Waals surface area contributed by atoms with Gasteiger partial charge in [0.15, 0.2) is 0 Å². The van der Waals surface area contributed by atoms with Gasteiger partial charge in [-0.1, -0.05) is 0 Å². The summed E-state index contributed by atoms with van der Waals surface area (Å²) in [6.07, 6.45) is 0. The van der Waals surface area contributed by atoms with Crippen LogP contribution in [0.25, 0.3) is 10.9 Å². The first kappa shape index (κ1) is 13.3. The summed E-state index contributed by atoms with van der Waals surface area (Å²) in [5.74, 6) is -0.339. The summed E-state index contributed by atoms with van der Waals surface area (Å²) in [5.41, 5.74) is 8.07. The van der Waals surface area contributed by atoms with Gasteiger partial charge in [-0.2, -0.15) is 0 Å². The van der Waals surface area contributed by atoms with Crippen LogP contribution in [0.1, 0.15) is 36.8 Å². The molecule has 2 aromatic rings. The van der Waals surface area contributed by atoms with E-state index in [1.807, 2.05) is 33.8 Å². The predicted octanol–water partition coefficient (Wildman–Crippen LogP) is 3.08. The molecule has 2 rings (SSSR count). The number of esters is 1. The Kier molecular flexibility index (Phi) is 3.18. The minimum atomic E-state index is -0.503. The van der Waals surface area contributed by atoms with Crippen LogP contribution in [0.5, 0.6) is 0 Å². The molecule has 19 heavy (non-hydrogen) atoms. The van der Waals surface area contributed by atoms with Gasteiger partial charge in [0.05, 0.1) is 22.5 Å². The number of carbonyl (C=O) groups is 1. The highest BCUT2D eigenvalue weighted by Crippen LogP contribution is 2.21. The van der Waals surface area contributed by atoms with Crippen LogP contribution in [-0.4, -0.2) is 16.6 Å². The van der Waals surface area contributed by atoms with E-state index >= 15 is 0 Å². The number of pyridine rings is 1. The Labute approximate surface area is 112 Å². The van der Waals surface area contributed by atoms with E-state index in [-0.39, 0.29) is 5.97 Å². The van der Waals surface area contributed by atoms with Crippen molar-refractivity contribution in [1.29, 1.82) is 0 Å². The van der Waals surface area contributed by atoms with Crippen molar-refractivity contribution in [1.82, 2.24) is 4.98 Å². The van der Waals surface area contributed by atoms with Crippen LogP contribution in [0, 0.1) is 6.92 Å². The minimum Gasteiger partial charge on any atom is -0.456 e. The van der Waals surface area contributed by atoms with Gasteiger partial charge in [0.25, 0.3) is 0 Å². The van der Waals surface area contributed by atoms with E-state index in [0.717, 1.165) is 16.6 Å². The maximum atomic E-state index is 12.0. The van der Waals surface area contributed by atoms with Gasteiger partial charge in [-0.05, 0) is 52.0 Å². The number of hydrogen-bond donors (Lipinski definition) is 1. The van der Waals surface area contributed by atoms with Crippen LogP contribution in [-0.2, 0) is 4.74 Å². The molecule has 0 unspecified atom stereocenters. The Morgan fingerprint density at radius 3 is 2.58 bits per heavy atom. The number of benzene rings is 1. The Morgan fingerprint density at radius 1 is 1.26 bits per heavy atom. The van der Waals surface area contributed by atoms with Gasteiger partial charge in [-0.3, -0.25) is 4.98 Å². The Morgan fingerprint density at radius 2 is 1.95 bits per heavy atom. The van der Waals surface area contributed by atoms with E-state index in [9.17, 15) is 4.79 Å². The van der Waals surface area contributed by atoms with Crippen molar-refractivity contribution < 1.29 is 9.53 Å². The summed E-state index contributed by atoms with van der Waals surface area (Å²) in [7, 11) is 0. The third-order valence-corrected chi connectivity index (χ3v) is 2.68. The van der Waals surface area contributed by atoms with Crippen molar-refractivity contribution in [3.05, 3.63) is 35.5 Å². The number of anilines is 1. The molecular weight excluding hydrogens is 240 g/mol. The maximum absolute atomic E-state index is 12.0. The van der Waals surface area contributed by atoms with E-state index in [2.05, 4.69) is 4.98 Å². The summed E-state index contributed by atoms with van der Waals surface area (Å²) >= 11 is 0. The number of carbonyl (C=O) groups excluding carboxylic acids is 1. The average molecular weight is 258 g/mol.